The molecule has 5 nitrogen and oxygen atoms in total. The zero-order chi connectivity index (χ0) is 8.85. The summed E-state index contributed by atoms with van der Waals surface area (Å²) in [4.78, 5) is 25.4. The van der Waals surface area contributed by atoms with Crippen LogP contribution in [0.5, 0.6) is 0 Å². The van der Waals surface area contributed by atoms with Gasteiger partial charge in [-0.1, -0.05) is 6.92 Å². The lowest BCUT2D eigenvalue weighted by molar-refractivity contribution is -0.158. The van der Waals surface area contributed by atoms with Gasteiger partial charge in [-0.3, -0.25) is 4.79 Å². The average Bonchev–Trinajstić information content (AvgIpc) is 1.99. The van der Waals surface area contributed by atoms with Crippen LogP contribution in [0.15, 0.2) is 0 Å². The Bertz CT molecular complexity index is 156. The molecule has 0 fully saturated rings. The third-order valence-corrected chi connectivity index (χ3v) is 0.968. The largest absolute Gasteiger partial charge is 0.341 e. The zero-order valence-electron chi connectivity index (χ0n) is 6.59. The van der Waals surface area contributed by atoms with Crippen molar-refractivity contribution in [1.82, 2.24) is 5.48 Å². The minimum Gasteiger partial charge on any atom is -0.341 e. The minimum absolute atomic E-state index is 0.221. The molecule has 0 saturated carbocycles. The second kappa shape index (κ2) is 4.68. The molecule has 0 bridgehead atoms. The summed E-state index contributed by atoms with van der Waals surface area (Å²) in [7, 11) is 0. The van der Waals surface area contributed by atoms with Crippen LogP contribution >= 0.6 is 0 Å². The van der Waals surface area contributed by atoms with Gasteiger partial charge >= 0.3 is 5.97 Å². The van der Waals surface area contributed by atoms with Crippen LogP contribution in [0.4, 0.5) is 0 Å². The predicted octanol–water partition coefficient (Wildman–Crippen LogP) is -0.682. The van der Waals surface area contributed by atoms with Crippen molar-refractivity contribution in [3.8, 4) is 0 Å². The number of nitrogens with one attached hydrogen (secondary N) is 1. The minimum atomic E-state index is -0.667. The fourth-order valence-electron chi connectivity index (χ4n) is 0.272. The number of hydrogen-bond donors (Lipinski definition) is 2. The van der Waals surface area contributed by atoms with Crippen LogP contribution in [0.25, 0.3) is 0 Å². The normalized spacial score (nSPS) is 11.9. The van der Waals surface area contributed by atoms with Gasteiger partial charge in [0.15, 0.2) is 0 Å². The SMILES string of the molecule is CCC(=O)ONC(=O)C(C)N. The molecule has 1 amide bonds. The van der Waals surface area contributed by atoms with E-state index < -0.39 is 17.9 Å². The Morgan fingerprint density at radius 2 is 2.18 bits per heavy atom. The van der Waals surface area contributed by atoms with Crippen LogP contribution < -0.4 is 11.2 Å². The van der Waals surface area contributed by atoms with E-state index >= 15 is 0 Å². The highest BCUT2D eigenvalue weighted by atomic mass is 16.7. The van der Waals surface area contributed by atoms with E-state index in [0.29, 0.717) is 0 Å². The van der Waals surface area contributed by atoms with Gasteiger partial charge in [-0.2, -0.15) is 5.48 Å². The van der Waals surface area contributed by atoms with Gasteiger partial charge in [0, 0.05) is 6.42 Å². The van der Waals surface area contributed by atoms with Gasteiger partial charge in [-0.25, -0.2) is 4.79 Å². The van der Waals surface area contributed by atoms with Gasteiger partial charge < -0.3 is 10.6 Å². The first kappa shape index (κ1) is 9.90. The molecule has 11 heavy (non-hydrogen) atoms. The smallest absolute Gasteiger partial charge is 0.331 e. The summed E-state index contributed by atoms with van der Waals surface area (Å²) in [6.45, 7) is 3.12. The molecule has 0 aliphatic heterocycles. The van der Waals surface area contributed by atoms with Crippen LogP contribution in [-0.2, 0) is 14.4 Å². The van der Waals surface area contributed by atoms with E-state index in [1.165, 1.54) is 6.92 Å². The molecule has 5 heteroatoms. The van der Waals surface area contributed by atoms with E-state index in [1.807, 2.05) is 5.48 Å². The van der Waals surface area contributed by atoms with Crippen LogP contribution in [0.3, 0.4) is 0 Å². The fourth-order valence-corrected chi connectivity index (χ4v) is 0.272. The van der Waals surface area contributed by atoms with Gasteiger partial charge in [0.05, 0.1) is 6.04 Å². The maximum Gasteiger partial charge on any atom is 0.331 e. The van der Waals surface area contributed by atoms with Gasteiger partial charge in [0.1, 0.15) is 0 Å². The summed E-state index contributed by atoms with van der Waals surface area (Å²) in [5.74, 6) is -0.995. The van der Waals surface area contributed by atoms with Crippen molar-refractivity contribution in [2.45, 2.75) is 26.3 Å². The van der Waals surface area contributed by atoms with Crippen molar-refractivity contribution in [3.63, 3.8) is 0 Å². The van der Waals surface area contributed by atoms with Crippen LogP contribution in [0.1, 0.15) is 20.3 Å². The molecule has 0 saturated heterocycles. The Hall–Kier alpha value is -1.10. The summed E-state index contributed by atoms with van der Waals surface area (Å²) in [5.41, 5.74) is 7.08. The quantitative estimate of drug-likeness (QED) is 0.524. The molecule has 0 aromatic carbocycles. The third-order valence-electron chi connectivity index (χ3n) is 0.968. The second-order valence-corrected chi connectivity index (χ2v) is 2.08. The number of amides is 1. The van der Waals surface area contributed by atoms with E-state index in [9.17, 15) is 9.59 Å². The molecule has 0 aromatic rings. The molecule has 0 heterocycles. The van der Waals surface area contributed by atoms with Crippen LogP contribution in [-0.4, -0.2) is 17.9 Å². The zero-order valence-corrected chi connectivity index (χ0v) is 6.59. The highest BCUT2D eigenvalue weighted by Gasteiger charge is 2.08. The first-order valence-corrected chi connectivity index (χ1v) is 3.33. The number of hydrogen-bond acceptors (Lipinski definition) is 4. The van der Waals surface area contributed by atoms with Crippen molar-refractivity contribution < 1.29 is 14.4 Å². The molecular weight excluding hydrogens is 148 g/mol. The van der Waals surface area contributed by atoms with E-state index in [4.69, 9.17) is 5.73 Å². The molecule has 1 unspecified atom stereocenters. The predicted molar refractivity (Wildman–Crippen MR) is 38.2 cm³/mol. The standard InChI is InChI=1S/C6H12N2O3/c1-3-5(9)11-8-6(10)4(2)7/h4H,3,7H2,1-2H3,(H,8,10). The Labute approximate surface area is 64.8 Å². The number of rotatable bonds is 2. The summed E-state index contributed by atoms with van der Waals surface area (Å²) < 4.78 is 0. The lowest BCUT2D eigenvalue weighted by atomic mass is 10.4. The van der Waals surface area contributed by atoms with Crippen molar-refractivity contribution in [2.24, 2.45) is 5.73 Å². The lowest BCUT2D eigenvalue weighted by Crippen LogP contribution is -2.39. The highest BCUT2D eigenvalue weighted by molar-refractivity contribution is 5.81. The van der Waals surface area contributed by atoms with Crippen LogP contribution in [0.2, 0.25) is 0 Å². The highest BCUT2D eigenvalue weighted by Crippen LogP contribution is 1.81. The van der Waals surface area contributed by atoms with E-state index in [-0.39, 0.29) is 6.42 Å². The molecule has 1 atom stereocenters. The summed E-state index contributed by atoms with van der Waals surface area (Å²) >= 11 is 0. The summed E-state index contributed by atoms with van der Waals surface area (Å²) in [6, 6.07) is -0.667. The van der Waals surface area contributed by atoms with Gasteiger partial charge in [0.25, 0.3) is 5.91 Å². The lowest BCUT2D eigenvalue weighted by Gasteiger charge is -2.05. The summed E-state index contributed by atoms with van der Waals surface area (Å²) in [5, 5.41) is 0. The van der Waals surface area contributed by atoms with Crippen LogP contribution in [0, 0.1) is 0 Å². The Kier molecular flexibility index (Phi) is 4.21. The Balaban J connectivity index is 3.54. The molecule has 0 spiro atoms. The van der Waals surface area contributed by atoms with Gasteiger partial charge in [-0.15, -0.1) is 0 Å². The monoisotopic (exact) mass is 160 g/mol. The molecule has 0 aliphatic carbocycles. The van der Waals surface area contributed by atoms with Crippen molar-refractivity contribution in [2.75, 3.05) is 0 Å². The Morgan fingerprint density at radius 3 is 2.55 bits per heavy atom. The molecule has 0 radical (unpaired) electrons. The topological polar surface area (TPSA) is 81.4 Å². The summed E-state index contributed by atoms with van der Waals surface area (Å²) in [6.07, 6.45) is 0.221. The molecule has 0 aromatic heterocycles. The Morgan fingerprint density at radius 1 is 1.64 bits per heavy atom. The molecule has 3 N–H and O–H groups in total. The fraction of sp³-hybridized carbons (Fsp3) is 0.667. The van der Waals surface area contributed by atoms with Crippen molar-refractivity contribution in [3.05, 3.63) is 0 Å². The molecule has 64 valence electrons. The number of hydroxylamine groups is 1. The van der Waals surface area contributed by atoms with E-state index in [2.05, 4.69) is 4.84 Å². The first-order chi connectivity index (χ1) is 5.07. The van der Waals surface area contributed by atoms with Gasteiger partial charge in [0.2, 0.25) is 0 Å². The van der Waals surface area contributed by atoms with Crippen molar-refractivity contribution >= 4 is 11.9 Å². The average molecular weight is 160 g/mol. The molecular formula is C6H12N2O3. The second-order valence-electron chi connectivity index (χ2n) is 2.08. The first-order valence-electron chi connectivity index (χ1n) is 3.33. The third kappa shape index (κ3) is 4.32. The van der Waals surface area contributed by atoms with E-state index in [1.54, 1.807) is 6.92 Å². The maximum absolute atomic E-state index is 10.6. The van der Waals surface area contributed by atoms with Gasteiger partial charge in [-0.05, 0) is 6.92 Å². The van der Waals surface area contributed by atoms with E-state index in [0.717, 1.165) is 0 Å². The number of carbonyl (C=O) groups excluding carboxylic acids is 2. The molecule has 0 aliphatic rings. The number of carbonyl (C=O) groups is 2. The van der Waals surface area contributed by atoms with Crippen molar-refractivity contribution in [1.29, 1.82) is 0 Å². The maximum atomic E-state index is 10.6. The molecule has 0 rings (SSSR count). The number of nitrogens with two attached hydrogens (primary N) is 1.